The second-order valence-corrected chi connectivity index (χ2v) is 6.42. The first-order chi connectivity index (χ1) is 11.9. The molecule has 25 heavy (non-hydrogen) atoms. The van der Waals surface area contributed by atoms with E-state index in [-0.39, 0.29) is 24.1 Å². The molecule has 2 aromatic rings. The van der Waals surface area contributed by atoms with Crippen LogP contribution in [0.5, 0.6) is 0 Å². The van der Waals surface area contributed by atoms with E-state index in [1.165, 1.54) is 12.1 Å². The minimum atomic E-state index is -1.20. The SMILES string of the molecule is CC(CC(=O)N1CCC(O)(c2nn[nH]n2)CC1)c1ccc(F)cc1F. The number of carbonyl (C=O) groups excluding carboxylic acids is 1. The zero-order chi connectivity index (χ0) is 18.0. The number of carbonyl (C=O) groups is 1. The molecule has 2 N–H and O–H groups in total. The maximum absolute atomic E-state index is 13.8. The number of hydrogen-bond acceptors (Lipinski definition) is 5. The maximum atomic E-state index is 13.8. The number of amides is 1. The summed E-state index contributed by atoms with van der Waals surface area (Å²) in [6, 6.07) is 3.38. The molecule has 1 aliphatic heterocycles. The monoisotopic (exact) mass is 351 g/mol. The van der Waals surface area contributed by atoms with E-state index in [9.17, 15) is 18.7 Å². The zero-order valence-electron chi connectivity index (χ0n) is 13.7. The van der Waals surface area contributed by atoms with Crippen molar-refractivity contribution in [2.24, 2.45) is 0 Å². The highest BCUT2D eigenvalue weighted by Gasteiger charge is 2.39. The quantitative estimate of drug-likeness (QED) is 0.870. The number of halogens is 2. The number of benzene rings is 1. The lowest BCUT2D eigenvalue weighted by molar-refractivity contribution is -0.136. The molecule has 1 fully saturated rings. The first-order valence-corrected chi connectivity index (χ1v) is 8.08. The van der Waals surface area contributed by atoms with Crippen molar-refractivity contribution in [1.82, 2.24) is 25.5 Å². The fraction of sp³-hybridized carbons (Fsp3) is 0.500. The Labute approximate surface area is 143 Å². The molecule has 1 aliphatic rings. The van der Waals surface area contributed by atoms with Crippen molar-refractivity contribution in [2.75, 3.05) is 13.1 Å². The molecule has 0 spiro atoms. The molecule has 7 nitrogen and oxygen atoms in total. The molecular formula is C16H19F2N5O2. The third-order valence-electron chi connectivity index (χ3n) is 4.68. The molecule has 0 radical (unpaired) electrons. The van der Waals surface area contributed by atoms with E-state index in [0.717, 1.165) is 6.07 Å². The second-order valence-electron chi connectivity index (χ2n) is 6.42. The Morgan fingerprint density at radius 2 is 2.12 bits per heavy atom. The van der Waals surface area contributed by atoms with E-state index >= 15 is 0 Å². The minimum absolute atomic E-state index is 0.114. The average molecular weight is 351 g/mol. The molecule has 1 unspecified atom stereocenters. The number of tetrazole rings is 1. The van der Waals surface area contributed by atoms with Crippen LogP contribution in [0, 0.1) is 11.6 Å². The summed E-state index contributed by atoms with van der Waals surface area (Å²) in [5.41, 5.74) is -0.881. The molecule has 1 aromatic carbocycles. The maximum Gasteiger partial charge on any atom is 0.223 e. The number of aromatic nitrogens is 4. The third kappa shape index (κ3) is 3.65. The highest BCUT2D eigenvalue weighted by molar-refractivity contribution is 5.77. The molecule has 1 atom stereocenters. The van der Waals surface area contributed by atoms with Crippen LogP contribution in [0.4, 0.5) is 8.78 Å². The van der Waals surface area contributed by atoms with Crippen LogP contribution in [0.1, 0.15) is 43.5 Å². The van der Waals surface area contributed by atoms with E-state index < -0.39 is 17.2 Å². The Balaban J connectivity index is 1.59. The van der Waals surface area contributed by atoms with Crippen molar-refractivity contribution in [3.8, 4) is 0 Å². The predicted molar refractivity (Wildman–Crippen MR) is 83.3 cm³/mol. The smallest absolute Gasteiger partial charge is 0.223 e. The van der Waals surface area contributed by atoms with E-state index in [4.69, 9.17) is 0 Å². The lowest BCUT2D eigenvalue weighted by Crippen LogP contribution is -2.45. The van der Waals surface area contributed by atoms with Gasteiger partial charge in [-0.05, 0) is 17.5 Å². The van der Waals surface area contributed by atoms with Crippen LogP contribution in [0.2, 0.25) is 0 Å². The first-order valence-electron chi connectivity index (χ1n) is 8.08. The Kier molecular flexibility index (Phi) is 4.76. The number of hydrogen-bond donors (Lipinski definition) is 2. The zero-order valence-corrected chi connectivity index (χ0v) is 13.7. The van der Waals surface area contributed by atoms with Crippen LogP contribution in [0.15, 0.2) is 18.2 Å². The van der Waals surface area contributed by atoms with Gasteiger partial charge in [0.1, 0.15) is 17.2 Å². The van der Waals surface area contributed by atoms with Crippen LogP contribution < -0.4 is 0 Å². The lowest BCUT2D eigenvalue weighted by Gasteiger charge is -2.36. The number of likely N-dealkylation sites (tertiary alicyclic amines) is 1. The molecule has 0 aliphatic carbocycles. The number of rotatable bonds is 4. The van der Waals surface area contributed by atoms with Crippen LogP contribution in [-0.2, 0) is 10.4 Å². The summed E-state index contributed by atoms with van der Waals surface area (Å²) in [5, 5.41) is 23.9. The Morgan fingerprint density at radius 1 is 1.40 bits per heavy atom. The van der Waals surface area contributed by atoms with Gasteiger partial charge in [0.15, 0.2) is 0 Å². The molecule has 1 aromatic heterocycles. The van der Waals surface area contributed by atoms with Gasteiger partial charge >= 0.3 is 0 Å². The van der Waals surface area contributed by atoms with E-state index in [0.29, 0.717) is 31.5 Å². The summed E-state index contributed by atoms with van der Waals surface area (Å²) >= 11 is 0. The van der Waals surface area contributed by atoms with Gasteiger partial charge in [-0.1, -0.05) is 18.2 Å². The number of aromatic amines is 1. The third-order valence-corrected chi connectivity index (χ3v) is 4.68. The van der Waals surface area contributed by atoms with Crippen molar-refractivity contribution in [3.63, 3.8) is 0 Å². The summed E-state index contributed by atoms with van der Waals surface area (Å²) in [5.74, 6) is -1.57. The summed E-state index contributed by atoms with van der Waals surface area (Å²) in [7, 11) is 0. The summed E-state index contributed by atoms with van der Waals surface area (Å²) in [6.45, 7) is 2.43. The summed E-state index contributed by atoms with van der Waals surface area (Å²) in [4.78, 5) is 14.1. The van der Waals surface area contributed by atoms with Gasteiger partial charge in [0.25, 0.3) is 0 Å². The van der Waals surface area contributed by atoms with Crippen molar-refractivity contribution < 1.29 is 18.7 Å². The average Bonchev–Trinajstić information content (AvgIpc) is 3.10. The van der Waals surface area contributed by atoms with Crippen molar-refractivity contribution in [3.05, 3.63) is 41.2 Å². The molecule has 3 rings (SSSR count). The van der Waals surface area contributed by atoms with Gasteiger partial charge in [-0.25, -0.2) is 8.78 Å². The minimum Gasteiger partial charge on any atom is -0.382 e. The van der Waals surface area contributed by atoms with Gasteiger partial charge in [0.2, 0.25) is 11.7 Å². The largest absolute Gasteiger partial charge is 0.382 e. The van der Waals surface area contributed by atoms with E-state index in [1.807, 2.05) is 0 Å². The van der Waals surface area contributed by atoms with Crippen LogP contribution in [0.25, 0.3) is 0 Å². The molecule has 1 saturated heterocycles. The fourth-order valence-electron chi connectivity index (χ4n) is 3.11. The standard InChI is InChI=1S/C16H19F2N5O2/c1-10(12-3-2-11(17)9-13(12)18)8-14(24)23-6-4-16(25,5-7-23)15-19-21-22-20-15/h2-3,9-10,25H,4-8H2,1H3,(H,19,20,21,22). The number of H-pyrrole nitrogens is 1. The summed E-state index contributed by atoms with van der Waals surface area (Å²) in [6.07, 6.45) is 0.721. The Morgan fingerprint density at radius 3 is 2.72 bits per heavy atom. The lowest BCUT2D eigenvalue weighted by atomic mass is 9.90. The fourth-order valence-corrected chi connectivity index (χ4v) is 3.11. The van der Waals surface area contributed by atoms with Crippen LogP contribution in [-0.4, -0.2) is 49.6 Å². The van der Waals surface area contributed by atoms with Crippen molar-refractivity contribution in [2.45, 2.75) is 37.7 Å². The predicted octanol–water partition coefficient (Wildman–Crippen LogP) is 1.48. The highest BCUT2D eigenvalue weighted by Crippen LogP contribution is 2.31. The van der Waals surface area contributed by atoms with Crippen molar-refractivity contribution in [1.29, 1.82) is 0 Å². The van der Waals surface area contributed by atoms with Crippen molar-refractivity contribution >= 4 is 5.91 Å². The Hall–Kier alpha value is -2.42. The van der Waals surface area contributed by atoms with Gasteiger partial charge in [0, 0.05) is 38.4 Å². The van der Waals surface area contributed by atoms with E-state index in [2.05, 4.69) is 20.6 Å². The molecule has 134 valence electrons. The molecule has 1 amide bonds. The highest BCUT2D eigenvalue weighted by atomic mass is 19.1. The van der Waals surface area contributed by atoms with Gasteiger partial charge < -0.3 is 10.0 Å². The van der Waals surface area contributed by atoms with Gasteiger partial charge in [-0.3, -0.25) is 4.79 Å². The normalized spacial score (nSPS) is 18.2. The van der Waals surface area contributed by atoms with Gasteiger partial charge in [-0.2, -0.15) is 5.21 Å². The van der Waals surface area contributed by atoms with Crippen LogP contribution in [0.3, 0.4) is 0 Å². The van der Waals surface area contributed by atoms with Crippen LogP contribution >= 0.6 is 0 Å². The topological polar surface area (TPSA) is 95.0 Å². The number of nitrogens with zero attached hydrogens (tertiary/aromatic N) is 4. The first kappa shape index (κ1) is 17.4. The molecule has 0 bridgehead atoms. The molecule has 9 heteroatoms. The second kappa shape index (κ2) is 6.83. The molecular weight excluding hydrogens is 332 g/mol. The molecule has 0 saturated carbocycles. The molecule has 2 heterocycles. The Bertz CT molecular complexity index is 745. The van der Waals surface area contributed by atoms with E-state index in [1.54, 1.807) is 11.8 Å². The number of aliphatic hydroxyl groups is 1. The number of nitrogens with one attached hydrogen (secondary N) is 1. The van der Waals surface area contributed by atoms with Gasteiger partial charge in [-0.15, -0.1) is 10.2 Å². The summed E-state index contributed by atoms with van der Waals surface area (Å²) < 4.78 is 26.8. The number of piperidine rings is 1. The van der Waals surface area contributed by atoms with Gasteiger partial charge in [0.05, 0.1) is 0 Å².